The van der Waals surface area contributed by atoms with E-state index in [9.17, 15) is 13.2 Å². The van der Waals surface area contributed by atoms with Crippen molar-refractivity contribution in [2.75, 3.05) is 16.8 Å². The Morgan fingerprint density at radius 3 is 2.58 bits per heavy atom. The zero-order valence-corrected chi connectivity index (χ0v) is 12.0. The van der Waals surface area contributed by atoms with E-state index in [0.29, 0.717) is 12.1 Å². The molecule has 1 amide bonds. The number of nitrogens with one attached hydrogen (secondary N) is 1. The monoisotopic (exact) mass is 284 g/mol. The Balaban J connectivity index is 2.58. The average Bonchev–Trinajstić information content (AvgIpc) is 2.29. The van der Waals surface area contributed by atoms with Gasteiger partial charge < -0.3 is 11.1 Å². The first-order chi connectivity index (χ1) is 8.80. The van der Waals surface area contributed by atoms with Crippen LogP contribution in [0.25, 0.3) is 0 Å². The van der Waals surface area contributed by atoms with Gasteiger partial charge in [-0.3, -0.25) is 4.79 Å². The molecular formula is C13H20N2O3S. The Labute approximate surface area is 114 Å². The number of carbonyl (C=O) groups excluding carboxylic acids is 1. The molecular weight excluding hydrogens is 264 g/mol. The van der Waals surface area contributed by atoms with Crippen LogP contribution in [-0.2, 0) is 14.6 Å². The van der Waals surface area contributed by atoms with Crippen molar-refractivity contribution in [1.29, 1.82) is 0 Å². The number of nitrogens with two attached hydrogens (primary N) is 1. The first-order valence-electron chi connectivity index (χ1n) is 6.11. The molecule has 19 heavy (non-hydrogen) atoms. The predicted octanol–water partition coefficient (Wildman–Crippen LogP) is 1.09. The third-order valence-corrected chi connectivity index (χ3v) is 4.21. The van der Waals surface area contributed by atoms with Crippen molar-refractivity contribution in [3.05, 3.63) is 29.8 Å². The van der Waals surface area contributed by atoms with Crippen LogP contribution in [-0.4, -0.2) is 31.9 Å². The van der Waals surface area contributed by atoms with Crippen LogP contribution in [0.1, 0.15) is 18.9 Å². The van der Waals surface area contributed by atoms with Crippen LogP contribution in [0.3, 0.4) is 0 Å². The molecule has 0 aliphatic heterocycles. The quantitative estimate of drug-likeness (QED) is 0.818. The fourth-order valence-corrected chi connectivity index (χ4v) is 2.88. The second-order valence-corrected chi connectivity index (χ2v) is 6.91. The standard InChI is InChI=1S/C13H20N2O3S/c1-10-5-3-4-6-12(10)15-13(16)9-19(17,18)8-7-11(2)14/h3-6,11H,7-9,14H2,1-2H3,(H,15,16). The Morgan fingerprint density at radius 2 is 2.00 bits per heavy atom. The van der Waals surface area contributed by atoms with Crippen molar-refractivity contribution in [3.8, 4) is 0 Å². The van der Waals surface area contributed by atoms with E-state index in [1.54, 1.807) is 19.1 Å². The summed E-state index contributed by atoms with van der Waals surface area (Å²) in [6.45, 7) is 3.59. The molecule has 1 rings (SSSR count). The van der Waals surface area contributed by atoms with E-state index in [0.717, 1.165) is 5.56 Å². The fraction of sp³-hybridized carbons (Fsp3) is 0.462. The Morgan fingerprint density at radius 1 is 1.37 bits per heavy atom. The molecule has 1 aromatic carbocycles. The van der Waals surface area contributed by atoms with Crippen LogP contribution in [0.4, 0.5) is 5.69 Å². The van der Waals surface area contributed by atoms with Crippen LogP contribution in [0.15, 0.2) is 24.3 Å². The highest BCUT2D eigenvalue weighted by Gasteiger charge is 2.17. The Hall–Kier alpha value is -1.40. The number of hydrogen-bond donors (Lipinski definition) is 2. The van der Waals surface area contributed by atoms with E-state index in [2.05, 4.69) is 5.32 Å². The smallest absolute Gasteiger partial charge is 0.239 e. The van der Waals surface area contributed by atoms with E-state index in [1.807, 2.05) is 19.1 Å². The number of carbonyl (C=O) groups is 1. The number of benzene rings is 1. The first kappa shape index (κ1) is 15.7. The lowest BCUT2D eigenvalue weighted by Crippen LogP contribution is -2.27. The maximum atomic E-state index is 11.7. The van der Waals surface area contributed by atoms with Gasteiger partial charge in [0.1, 0.15) is 5.75 Å². The summed E-state index contributed by atoms with van der Waals surface area (Å²) < 4.78 is 23.4. The highest BCUT2D eigenvalue weighted by Crippen LogP contribution is 2.13. The summed E-state index contributed by atoms with van der Waals surface area (Å²) in [5.41, 5.74) is 7.04. The second kappa shape index (κ2) is 6.68. The van der Waals surface area contributed by atoms with Gasteiger partial charge >= 0.3 is 0 Å². The normalized spacial score (nSPS) is 13.0. The van der Waals surface area contributed by atoms with Crippen LogP contribution < -0.4 is 11.1 Å². The number of rotatable bonds is 6. The van der Waals surface area contributed by atoms with E-state index >= 15 is 0 Å². The van der Waals surface area contributed by atoms with Gasteiger partial charge in [-0.2, -0.15) is 0 Å². The first-order valence-corrected chi connectivity index (χ1v) is 7.94. The molecule has 0 saturated carbocycles. The number of para-hydroxylation sites is 1. The molecule has 1 unspecified atom stereocenters. The van der Waals surface area contributed by atoms with Crippen molar-refractivity contribution < 1.29 is 13.2 Å². The number of aryl methyl sites for hydroxylation is 1. The summed E-state index contributed by atoms with van der Waals surface area (Å²) in [6.07, 6.45) is 0.361. The van der Waals surface area contributed by atoms with Crippen molar-refractivity contribution in [2.24, 2.45) is 5.73 Å². The highest BCUT2D eigenvalue weighted by atomic mass is 32.2. The molecule has 0 aliphatic rings. The van der Waals surface area contributed by atoms with E-state index < -0.39 is 21.5 Å². The summed E-state index contributed by atoms with van der Waals surface area (Å²) in [6, 6.07) is 7.04. The lowest BCUT2D eigenvalue weighted by molar-refractivity contribution is -0.113. The zero-order chi connectivity index (χ0) is 14.5. The molecule has 0 aliphatic carbocycles. The molecule has 1 atom stereocenters. The lowest BCUT2D eigenvalue weighted by atomic mass is 10.2. The van der Waals surface area contributed by atoms with Gasteiger partial charge in [0.2, 0.25) is 5.91 Å². The third kappa shape index (κ3) is 5.85. The predicted molar refractivity (Wildman–Crippen MR) is 76.7 cm³/mol. The topological polar surface area (TPSA) is 89.3 Å². The SMILES string of the molecule is Cc1ccccc1NC(=O)CS(=O)(=O)CCC(C)N. The van der Waals surface area contributed by atoms with Gasteiger partial charge in [-0.25, -0.2) is 8.42 Å². The van der Waals surface area contributed by atoms with Crippen LogP contribution in [0, 0.1) is 6.92 Å². The second-order valence-electron chi connectivity index (χ2n) is 4.72. The van der Waals surface area contributed by atoms with Crippen molar-refractivity contribution in [2.45, 2.75) is 26.3 Å². The third-order valence-electron chi connectivity index (χ3n) is 2.65. The van der Waals surface area contributed by atoms with Crippen molar-refractivity contribution >= 4 is 21.4 Å². The Kier molecular flexibility index (Phi) is 5.50. The van der Waals surface area contributed by atoms with Gasteiger partial charge in [-0.05, 0) is 31.9 Å². The molecule has 0 spiro atoms. The molecule has 0 radical (unpaired) electrons. The molecule has 0 bridgehead atoms. The van der Waals surface area contributed by atoms with Gasteiger partial charge in [0.25, 0.3) is 0 Å². The Bertz CT molecular complexity index is 539. The molecule has 3 N–H and O–H groups in total. The molecule has 106 valence electrons. The van der Waals surface area contributed by atoms with Crippen molar-refractivity contribution in [1.82, 2.24) is 0 Å². The van der Waals surface area contributed by atoms with E-state index in [4.69, 9.17) is 5.73 Å². The largest absolute Gasteiger partial charge is 0.328 e. The molecule has 6 heteroatoms. The molecule has 1 aromatic rings. The molecule has 0 aromatic heterocycles. The van der Waals surface area contributed by atoms with Gasteiger partial charge in [-0.1, -0.05) is 18.2 Å². The number of sulfone groups is 1. The van der Waals surface area contributed by atoms with E-state index in [-0.39, 0.29) is 11.8 Å². The number of anilines is 1. The van der Waals surface area contributed by atoms with Crippen LogP contribution >= 0.6 is 0 Å². The summed E-state index contributed by atoms with van der Waals surface area (Å²) in [5.74, 6) is -1.08. The summed E-state index contributed by atoms with van der Waals surface area (Å²) in [4.78, 5) is 11.7. The van der Waals surface area contributed by atoms with Gasteiger partial charge in [0, 0.05) is 11.7 Å². The van der Waals surface area contributed by atoms with Gasteiger partial charge in [0.05, 0.1) is 5.75 Å². The molecule has 0 heterocycles. The molecule has 5 nitrogen and oxygen atoms in total. The van der Waals surface area contributed by atoms with Crippen LogP contribution in [0.2, 0.25) is 0 Å². The molecule has 0 fully saturated rings. The van der Waals surface area contributed by atoms with Gasteiger partial charge in [-0.15, -0.1) is 0 Å². The maximum absolute atomic E-state index is 11.7. The highest BCUT2D eigenvalue weighted by molar-refractivity contribution is 7.92. The lowest BCUT2D eigenvalue weighted by Gasteiger charge is -2.09. The number of amides is 1. The number of hydrogen-bond acceptors (Lipinski definition) is 4. The summed E-state index contributed by atoms with van der Waals surface area (Å²) >= 11 is 0. The minimum Gasteiger partial charge on any atom is -0.328 e. The summed E-state index contributed by atoms with van der Waals surface area (Å²) in [5, 5.41) is 2.60. The van der Waals surface area contributed by atoms with Gasteiger partial charge in [0.15, 0.2) is 9.84 Å². The minimum atomic E-state index is -3.40. The molecule has 0 saturated heterocycles. The summed E-state index contributed by atoms with van der Waals surface area (Å²) in [7, 11) is -3.40. The van der Waals surface area contributed by atoms with E-state index in [1.165, 1.54) is 0 Å². The van der Waals surface area contributed by atoms with Crippen molar-refractivity contribution in [3.63, 3.8) is 0 Å². The zero-order valence-electron chi connectivity index (χ0n) is 11.2. The maximum Gasteiger partial charge on any atom is 0.239 e. The van der Waals surface area contributed by atoms with Crippen LogP contribution in [0.5, 0.6) is 0 Å². The minimum absolute atomic E-state index is 0.0636. The average molecular weight is 284 g/mol. The fourth-order valence-electron chi connectivity index (χ4n) is 1.54.